The van der Waals surface area contributed by atoms with Gasteiger partial charge in [0.15, 0.2) is 11.6 Å². The average molecular weight is 240 g/mol. The molecule has 0 aliphatic heterocycles. The molecule has 0 amide bonds. The lowest BCUT2D eigenvalue weighted by molar-refractivity contribution is 0.441. The molecule has 18 heavy (non-hydrogen) atoms. The van der Waals surface area contributed by atoms with E-state index in [1.165, 1.54) is 6.07 Å². The van der Waals surface area contributed by atoms with Gasteiger partial charge in [0.2, 0.25) is 0 Å². The Hall–Kier alpha value is -2.31. The number of ether oxygens (including phenoxy) is 1. The Morgan fingerprint density at radius 1 is 1.17 bits per heavy atom. The molecule has 0 saturated heterocycles. The molecule has 0 spiro atoms. The van der Waals surface area contributed by atoms with Crippen LogP contribution in [-0.2, 0) is 6.42 Å². The van der Waals surface area contributed by atoms with Crippen molar-refractivity contribution in [3.63, 3.8) is 0 Å². The van der Waals surface area contributed by atoms with Crippen LogP contribution in [0.3, 0.4) is 0 Å². The molecule has 2 rings (SSSR count). The van der Waals surface area contributed by atoms with Crippen molar-refractivity contribution in [3.8, 4) is 11.5 Å². The van der Waals surface area contributed by atoms with Crippen LogP contribution in [0.15, 0.2) is 66.9 Å². The summed E-state index contributed by atoms with van der Waals surface area (Å²) in [7, 11) is 0. The standard InChI is InChI=1S/C16H13FO/c1-2-3-7-13-10-11-15(17)16(12-13)18-14-8-5-4-6-9-14/h3-6,8-12H,1,7H2. The Morgan fingerprint density at radius 2 is 1.94 bits per heavy atom. The van der Waals surface area contributed by atoms with Gasteiger partial charge in [-0.15, -0.1) is 5.73 Å². The molecule has 0 fully saturated rings. The number of benzene rings is 2. The molecular weight excluding hydrogens is 227 g/mol. The second kappa shape index (κ2) is 5.85. The Kier molecular flexibility index (Phi) is 3.95. The monoisotopic (exact) mass is 240 g/mol. The van der Waals surface area contributed by atoms with Gasteiger partial charge >= 0.3 is 0 Å². The van der Waals surface area contributed by atoms with Crippen molar-refractivity contribution in [2.24, 2.45) is 0 Å². The van der Waals surface area contributed by atoms with Crippen LogP contribution in [0.4, 0.5) is 4.39 Å². The van der Waals surface area contributed by atoms with Crippen LogP contribution in [0.25, 0.3) is 0 Å². The van der Waals surface area contributed by atoms with Crippen molar-refractivity contribution in [1.82, 2.24) is 0 Å². The van der Waals surface area contributed by atoms with E-state index in [-0.39, 0.29) is 11.6 Å². The van der Waals surface area contributed by atoms with E-state index in [0.717, 1.165) is 5.56 Å². The summed E-state index contributed by atoms with van der Waals surface area (Å²) in [5.41, 5.74) is 3.65. The quantitative estimate of drug-likeness (QED) is 0.715. The number of rotatable bonds is 4. The fourth-order valence-corrected chi connectivity index (χ4v) is 1.56. The largest absolute Gasteiger partial charge is 0.454 e. The predicted octanol–water partition coefficient (Wildman–Crippen LogP) is 4.50. The molecule has 0 radical (unpaired) electrons. The van der Waals surface area contributed by atoms with Crippen LogP contribution in [0.2, 0.25) is 0 Å². The first-order chi connectivity index (χ1) is 8.79. The fourth-order valence-electron chi connectivity index (χ4n) is 1.56. The van der Waals surface area contributed by atoms with Crippen LogP contribution < -0.4 is 4.74 Å². The zero-order chi connectivity index (χ0) is 12.8. The summed E-state index contributed by atoms with van der Waals surface area (Å²) in [5.74, 6) is 0.481. The van der Waals surface area contributed by atoms with Crippen LogP contribution in [0.5, 0.6) is 11.5 Å². The lowest BCUT2D eigenvalue weighted by Gasteiger charge is -2.07. The molecule has 90 valence electrons. The molecule has 1 nitrogen and oxygen atoms in total. The smallest absolute Gasteiger partial charge is 0.165 e. The van der Waals surface area contributed by atoms with Crippen molar-refractivity contribution in [2.45, 2.75) is 6.42 Å². The van der Waals surface area contributed by atoms with Gasteiger partial charge in [-0.05, 0) is 42.3 Å². The molecule has 0 N–H and O–H groups in total. The highest BCUT2D eigenvalue weighted by molar-refractivity contribution is 5.35. The number of halogens is 1. The van der Waals surface area contributed by atoms with Crippen molar-refractivity contribution in [3.05, 3.63) is 78.3 Å². The summed E-state index contributed by atoms with van der Waals surface area (Å²) >= 11 is 0. The topological polar surface area (TPSA) is 9.23 Å². The van der Waals surface area contributed by atoms with Crippen molar-refractivity contribution in [2.75, 3.05) is 0 Å². The van der Waals surface area contributed by atoms with Gasteiger partial charge in [0.25, 0.3) is 0 Å². The molecule has 0 unspecified atom stereocenters. The minimum Gasteiger partial charge on any atom is -0.454 e. The number of para-hydroxylation sites is 1. The highest BCUT2D eigenvalue weighted by atomic mass is 19.1. The third-order valence-corrected chi connectivity index (χ3v) is 2.45. The Bertz CT molecular complexity index is 569. The highest BCUT2D eigenvalue weighted by Crippen LogP contribution is 2.25. The maximum atomic E-state index is 13.6. The minimum atomic E-state index is -0.370. The van der Waals surface area contributed by atoms with E-state index in [2.05, 4.69) is 12.3 Å². The van der Waals surface area contributed by atoms with Gasteiger partial charge in [-0.1, -0.05) is 30.8 Å². The van der Waals surface area contributed by atoms with E-state index in [9.17, 15) is 4.39 Å². The molecule has 2 heteroatoms. The Labute approximate surface area is 106 Å². The average Bonchev–Trinajstić information content (AvgIpc) is 2.41. The van der Waals surface area contributed by atoms with E-state index >= 15 is 0 Å². The summed E-state index contributed by atoms with van der Waals surface area (Å²) in [5, 5.41) is 0. The van der Waals surface area contributed by atoms with Crippen molar-refractivity contribution < 1.29 is 9.13 Å². The molecule has 0 atom stereocenters. The van der Waals surface area contributed by atoms with Gasteiger partial charge < -0.3 is 4.74 Å². The van der Waals surface area contributed by atoms with E-state index in [1.54, 1.807) is 30.3 Å². The van der Waals surface area contributed by atoms with Crippen LogP contribution in [0, 0.1) is 5.82 Å². The first-order valence-corrected chi connectivity index (χ1v) is 5.65. The molecule has 0 aromatic heterocycles. The number of hydrogen-bond acceptors (Lipinski definition) is 1. The molecule has 2 aromatic carbocycles. The number of allylic oxidation sites excluding steroid dienone is 1. The normalized spacial score (nSPS) is 9.61. The van der Waals surface area contributed by atoms with Crippen LogP contribution in [0.1, 0.15) is 5.56 Å². The highest BCUT2D eigenvalue weighted by Gasteiger charge is 2.05. The van der Waals surface area contributed by atoms with Crippen molar-refractivity contribution >= 4 is 0 Å². The van der Waals surface area contributed by atoms with Gasteiger partial charge in [0, 0.05) is 0 Å². The van der Waals surface area contributed by atoms with Gasteiger partial charge in [-0.3, -0.25) is 0 Å². The first-order valence-electron chi connectivity index (χ1n) is 5.65. The molecule has 0 saturated carbocycles. The third kappa shape index (κ3) is 3.09. The van der Waals surface area contributed by atoms with E-state index in [0.29, 0.717) is 12.2 Å². The molecule has 0 heterocycles. The maximum absolute atomic E-state index is 13.6. The second-order valence-corrected chi connectivity index (χ2v) is 3.79. The van der Waals surface area contributed by atoms with Gasteiger partial charge in [-0.25, -0.2) is 4.39 Å². The lowest BCUT2D eigenvalue weighted by Crippen LogP contribution is -1.90. The van der Waals surface area contributed by atoms with Crippen molar-refractivity contribution in [1.29, 1.82) is 0 Å². The molecular formula is C16H13FO. The zero-order valence-corrected chi connectivity index (χ0v) is 9.90. The molecule has 2 aromatic rings. The predicted molar refractivity (Wildman–Crippen MR) is 70.3 cm³/mol. The van der Waals surface area contributed by atoms with E-state index in [4.69, 9.17) is 4.74 Å². The minimum absolute atomic E-state index is 0.233. The first kappa shape index (κ1) is 12.2. The number of hydrogen-bond donors (Lipinski definition) is 0. The second-order valence-electron chi connectivity index (χ2n) is 3.79. The molecule has 0 aliphatic carbocycles. The van der Waals surface area contributed by atoms with E-state index < -0.39 is 0 Å². The maximum Gasteiger partial charge on any atom is 0.165 e. The summed E-state index contributed by atoms with van der Waals surface area (Å²) in [6, 6.07) is 14.0. The fraction of sp³-hybridized carbons (Fsp3) is 0.0625. The van der Waals surface area contributed by atoms with Crippen LogP contribution >= 0.6 is 0 Å². The summed E-state index contributed by atoms with van der Waals surface area (Å²) in [6.07, 6.45) is 2.45. The third-order valence-electron chi connectivity index (χ3n) is 2.45. The summed E-state index contributed by atoms with van der Waals surface area (Å²) in [4.78, 5) is 0. The van der Waals surface area contributed by atoms with Gasteiger partial charge in [-0.2, -0.15) is 0 Å². The summed E-state index contributed by atoms with van der Waals surface area (Å²) in [6.45, 7) is 3.50. The van der Waals surface area contributed by atoms with Gasteiger partial charge in [0.1, 0.15) is 5.75 Å². The van der Waals surface area contributed by atoms with Gasteiger partial charge in [0.05, 0.1) is 0 Å². The Morgan fingerprint density at radius 3 is 2.67 bits per heavy atom. The lowest BCUT2D eigenvalue weighted by atomic mass is 10.1. The van der Waals surface area contributed by atoms with E-state index in [1.807, 2.05) is 18.2 Å². The Balaban J connectivity index is 2.23. The molecule has 0 bridgehead atoms. The zero-order valence-electron chi connectivity index (χ0n) is 9.90. The van der Waals surface area contributed by atoms with Crippen LogP contribution in [-0.4, -0.2) is 0 Å². The summed E-state index contributed by atoms with van der Waals surface area (Å²) < 4.78 is 19.1. The molecule has 0 aliphatic rings. The SMILES string of the molecule is C=C=CCc1ccc(F)c(Oc2ccccc2)c1.